The largest absolute Gasteiger partial charge is 0.486 e. The molecule has 2 atom stereocenters. The summed E-state index contributed by atoms with van der Waals surface area (Å²) in [4.78, 5) is 15.1. The summed E-state index contributed by atoms with van der Waals surface area (Å²) in [5.41, 5.74) is 3.22. The number of nitrogens with one attached hydrogen (secondary N) is 1. The number of hydrogen-bond donors (Lipinski definition) is 2. The van der Waals surface area contributed by atoms with Crippen LogP contribution in [0.1, 0.15) is 48.5 Å². The van der Waals surface area contributed by atoms with Gasteiger partial charge in [-0.25, -0.2) is 0 Å². The zero-order valence-electron chi connectivity index (χ0n) is 18.9. The minimum absolute atomic E-state index is 0.0158. The highest BCUT2D eigenvalue weighted by Crippen LogP contribution is 2.33. The minimum Gasteiger partial charge on any atom is -0.486 e. The normalized spacial score (nSPS) is 17.7. The number of carbonyl (C=O) groups is 1. The molecule has 6 nitrogen and oxygen atoms in total. The van der Waals surface area contributed by atoms with Crippen molar-refractivity contribution >= 4 is 5.91 Å². The van der Waals surface area contributed by atoms with Crippen molar-refractivity contribution in [3.63, 3.8) is 0 Å². The molecule has 0 aromatic heterocycles. The van der Waals surface area contributed by atoms with E-state index in [2.05, 4.69) is 41.4 Å². The molecule has 0 radical (unpaired) electrons. The number of aliphatic hydroxyl groups excluding tert-OH is 1. The smallest absolute Gasteiger partial charge is 0.220 e. The molecular formula is C26H34N2O4. The second-order valence-corrected chi connectivity index (χ2v) is 8.87. The van der Waals surface area contributed by atoms with Crippen LogP contribution in [0.2, 0.25) is 0 Å². The lowest BCUT2D eigenvalue weighted by Crippen LogP contribution is -2.46. The molecule has 2 aromatic carbocycles. The standard InChI is InChI=1S/C26H34N2O4/c1-19-7-9-20(10-8-19)5-4-6-25(29)27-22(18-28-13-2-3-14-28)26(30)21-11-12-23-24(17-21)32-16-15-31-23/h7-12,17,22,26,30H,2-6,13-16,18H2,1H3,(H,27,29). The Kier molecular flexibility index (Phi) is 7.66. The fourth-order valence-electron chi connectivity index (χ4n) is 4.43. The van der Waals surface area contributed by atoms with E-state index in [4.69, 9.17) is 9.47 Å². The van der Waals surface area contributed by atoms with Gasteiger partial charge in [0, 0.05) is 13.0 Å². The third kappa shape index (κ3) is 6.02. The van der Waals surface area contributed by atoms with Crippen molar-refractivity contribution in [2.45, 2.75) is 51.2 Å². The summed E-state index contributed by atoms with van der Waals surface area (Å²) in [6.45, 7) is 5.76. The lowest BCUT2D eigenvalue weighted by atomic mass is 10.00. The van der Waals surface area contributed by atoms with Crippen molar-refractivity contribution in [1.29, 1.82) is 0 Å². The van der Waals surface area contributed by atoms with Crippen LogP contribution in [0.4, 0.5) is 0 Å². The van der Waals surface area contributed by atoms with Crippen molar-refractivity contribution in [3.05, 3.63) is 59.2 Å². The first-order valence-electron chi connectivity index (χ1n) is 11.7. The van der Waals surface area contributed by atoms with Crippen LogP contribution >= 0.6 is 0 Å². The van der Waals surface area contributed by atoms with Gasteiger partial charge in [0.2, 0.25) is 5.91 Å². The lowest BCUT2D eigenvalue weighted by Gasteiger charge is -2.29. The maximum absolute atomic E-state index is 12.8. The average Bonchev–Trinajstić information content (AvgIpc) is 3.32. The molecule has 2 unspecified atom stereocenters. The van der Waals surface area contributed by atoms with Crippen molar-refractivity contribution in [3.8, 4) is 11.5 Å². The van der Waals surface area contributed by atoms with Gasteiger partial charge in [-0.3, -0.25) is 4.79 Å². The van der Waals surface area contributed by atoms with Crippen LogP contribution in [-0.4, -0.2) is 54.8 Å². The van der Waals surface area contributed by atoms with Gasteiger partial charge in [0.15, 0.2) is 11.5 Å². The van der Waals surface area contributed by atoms with Gasteiger partial charge >= 0.3 is 0 Å². The zero-order valence-corrected chi connectivity index (χ0v) is 18.9. The second kappa shape index (κ2) is 10.8. The molecule has 32 heavy (non-hydrogen) atoms. The van der Waals surface area contributed by atoms with E-state index in [-0.39, 0.29) is 11.9 Å². The summed E-state index contributed by atoms with van der Waals surface area (Å²) in [6, 6.07) is 13.6. The van der Waals surface area contributed by atoms with Crippen molar-refractivity contribution in [1.82, 2.24) is 10.2 Å². The van der Waals surface area contributed by atoms with Crippen molar-refractivity contribution in [2.24, 2.45) is 0 Å². The first kappa shape index (κ1) is 22.6. The van der Waals surface area contributed by atoms with Gasteiger partial charge in [0.25, 0.3) is 0 Å². The van der Waals surface area contributed by atoms with Crippen LogP contribution in [0.25, 0.3) is 0 Å². The average molecular weight is 439 g/mol. The molecule has 2 N–H and O–H groups in total. The van der Waals surface area contributed by atoms with E-state index >= 15 is 0 Å². The van der Waals surface area contributed by atoms with Crippen molar-refractivity contribution in [2.75, 3.05) is 32.8 Å². The molecular weight excluding hydrogens is 404 g/mol. The number of amides is 1. The fraction of sp³-hybridized carbons (Fsp3) is 0.500. The van der Waals surface area contributed by atoms with Crippen molar-refractivity contribution < 1.29 is 19.4 Å². The summed E-state index contributed by atoms with van der Waals surface area (Å²) in [5.74, 6) is 1.33. The van der Waals surface area contributed by atoms with Gasteiger partial charge in [-0.1, -0.05) is 35.9 Å². The van der Waals surface area contributed by atoms with Crippen LogP contribution in [0.5, 0.6) is 11.5 Å². The Balaban J connectivity index is 1.38. The third-order valence-corrected chi connectivity index (χ3v) is 6.28. The molecule has 1 saturated heterocycles. The number of carbonyl (C=O) groups excluding carboxylic acids is 1. The summed E-state index contributed by atoms with van der Waals surface area (Å²) in [6.07, 6.45) is 3.61. The Morgan fingerprint density at radius 1 is 1.06 bits per heavy atom. The summed E-state index contributed by atoms with van der Waals surface area (Å²) < 4.78 is 11.3. The maximum Gasteiger partial charge on any atom is 0.220 e. The van der Waals surface area contributed by atoms with E-state index in [1.165, 1.54) is 11.1 Å². The number of rotatable bonds is 9. The van der Waals surface area contributed by atoms with Gasteiger partial charge in [-0.05, 0) is 69.0 Å². The third-order valence-electron chi connectivity index (χ3n) is 6.28. The Labute approximate surface area is 190 Å². The molecule has 172 valence electrons. The lowest BCUT2D eigenvalue weighted by molar-refractivity contribution is -0.123. The maximum atomic E-state index is 12.8. The van der Waals surface area contributed by atoms with Crippen LogP contribution in [0.3, 0.4) is 0 Å². The predicted octanol–water partition coefficient (Wildman–Crippen LogP) is 3.40. The van der Waals surface area contributed by atoms with Gasteiger partial charge in [0.1, 0.15) is 19.3 Å². The molecule has 0 saturated carbocycles. The van der Waals surface area contributed by atoms with Crippen LogP contribution < -0.4 is 14.8 Å². The Bertz CT molecular complexity index is 893. The van der Waals surface area contributed by atoms with Gasteiger partial charge in [0.05, 0.1) is 6.04 Å². The molecule has 2 aromatic rings. The molecule has 0 bridgehead atoms. The molecule has 0 spiro atoms. The summed E-state index contributed by atoms with van der Waals surface area (Å²) in [5, 5.41) is 14.3. The monoisotopic (exact) mass is 438 g/mol. The van der Waals surface area contributed by atoms with E-state index < -0.39 is 6.10 Å². The number of benzene rings is 2. The van der Waals surface area contributed by atoms with Crippen LogP contribution in [-0.2, 0) is 11.2 Å². The fourth-order valence-corrected chi connectivity index (χ4v) is 4.43. The highest BCUT2D eigenvalue weighted by Gasteiger charge is 2.27. The molecule has 2 heterocycles. The molecule has 1 fully saturated rings. The van der Waals surface area contributed by atoms with E-state index in [1.807, 2.05) is 18.2 Å². The molecule has 2 aliphatic heterocycles. The Hall–Kier alpha value is -2.57. The Morgan fingerprint density at radius 2 is 1.78 bits per heavy atom. The molecule has 0 aliphatic carbocycles. The van der Waals surface area contributed by atoms with E-state index in [9.17, 15) is 9.90 Å². The number of likely N-dealkylation sites (tertiary alicyclic amines) is 1. The van der Waals surface area contributed by atoms with E-state index in [0.29, 0.717) is 37.7 Å². The van der Waals surface area contributed by atoms with E-state index in [1.54, 1.807) is 0 Å². The summed E-state index contributed by atoms with van der Waals surface area (Å²) >= 11 is 0. The van der Waals surface area contributed by atoms with Crippen LogP contribution in [0.15, 0.2) is 42.5 Å². The number of aryl methyl sites for hydroxylation is 2. The summed E-state index contributed by atoms with van der Waals surface area (Å²) in [7, 11) is 0. The highest BCUT2D eigenvalue weighted by atomic mass is 16.6. The van der Waals surface area contributed by atoms with Gasteiger partial charge in [-0.15, -0.1) is 0 Å². The predicted molar refractivity (Wildman–Crippen MR) is 124 cm³/mol. The minimum atomic E-state index is -0.813. The number of fused-ring (bicyclic) bond motifs is 1. The van der Waals surface area contributed by atoms with Crippen LogP contribution in [0, 0.1) is 6.92 Å². The second-order valence-electron chi connectivity index (χ2n) is 8.87. The quantitative estimate of drug-likeness (QED) is 0.628. The number of aliphatic hydroxyl groups is 1. The van der Waals surface area contributed by atoms with Gasteiger partial charge < -0.3 is 24.8 Å². The number of ether oxygens (including phenoxy) is 2. The Morgan fingerprint density at radius 3 is 2.53 bits per heavy atom. The molecule has 2 aliphatic rings. The van der Waals surface area contributed by atoms with E-state index in [0.717, 1.165) is 44.3 Å². The highest BCUT2D eigenvalue weighted by molar-refractivity contribution is 5.76. The SMILES string of the molecule is Cc1ccc(CCCC(=O)NC(CN2CCCC2)C(O)c2ccc3c(c2)OCCO3)cc1. The topological polar surface area (TPSA) is 71.0 Å². The first-order valence-corrected chi connectivity index (χ1v) is 11.7. The first-order chi connectivity index (χ1) is 15.6. The number of hydrogen-bond acceptors (Lipinski definition) is 5. The molecule has 6 heteroatoms. The molecule has 4 rings (SSSR count). The van der Waals surface area contributed by atoms with Gasteiger partial charge in [-0.2, -0.15) is 0 Å². The zero-order chi connectivity index (χ0) is 22.3. The number of nitrogens with zero attached hydrogens (tertiary/aromatic N) is 1. The molecule has 1 amide bonds.